The van der Waals surface area contributed by atoms with Crippen LogP contribution in [0.2, 0.25) is 0 Å². The summed E-state index contributed by atoms with van der Waals surface area (Å²) in [4.78, 5) is 41.9. The minimum Gasteiger partial charge on any atom is -0.355 e. The maximum absolute atomic E-state index is 12.4. The molecule has 1 aliphatic carbocycles. The summed E-state index contributed by atoms with van der Waals surface area (Å²) in [5, 5.41) is 5.83. The van der Waals surface area contributed by atoms with Gasteiger partial charge in [0.25, 0.3) is 5.91 Å². The van der Waals surface area contributed by atoms with Crippen LogP contribution in [0.15, 0.2) is 24.5 Å². The first kappa shape index (κ1) is 18.4. The Hall–Kier alpha value is -2.44. The van der Waals surface area contributed by atoms with E-state index in [4.69, 9.17) is 0 Å². The number of pyridine rings is 1. The van der Waals surface area contributed by atoms with Crippen molar-refractivity contribution >= 4 is 17.7 Å². The number of rotatable bonds is 6. The molecule has 0 aromatic carbocycles. The number of piperidine rings is 1. The van der Waals surface area contributed by atoms with E-state index < -0.39 is 0 Å². The maximum atomic E-state index is 12.4. The molecule has 7 nitrogen and oxygen atoms in total. The van der Waals surface area contributed by atoms with E-state index in [1.807, 2.05) is 4.90 Å². The summed E-state index contributed by atoms with van der Waals surface area (Å²) in [7, 11) is 0. The molecule has 7 heteroatoms. The van der Waals surface area contributed by atoms with Gasteiger partial charge in [0.1, 0.15) is 0 Å². The summed E-state index contributed by atoms with van der Waals surface area (Å²) in [6.45, 7) is 3.70. The van der Waals surface area contributed by atoms with Gasteiger partial charge in [-0.2, -0.15) is 0 Å². The number of carbonyl (C=O) groups excluding carboxylic acids is 3. The predicted molar refractivity (Wildman–Crippen MR) is 96.2 cm³/mol. The lowest BCUT2D eigenvalue weighted by Crippen LogP contribution is -2.47. The number of carbonyl (C=O) groups is 3. The Bertz CT molecular complexity index is 656. The largest absolute Gasteiger partial charge is 0.355 e. The van der Waals surface area contributed by atoms with Crippen LogP contribution in [0.5, 0.6) is 0 Å². The Balaban J connectivity index is 1.34. The van der Waals surface area contributed by atoms with Gasteiger partial charge in [-0.05, 0) is 37.3 Å². The third-order valence-corrected chi connectivity index (χ3v) is 5.17. The molecule has 2 atom stereocenters. The molecule has 2 fully saturated rings. The molecule has 1 saturated heterocycles. The Morgan fingerprint density at radius 1 is 1.19 bits per heavy atom. The molecule has 1 saturated carbocycles. The van der Waals surface area contributed by atoms with Gasteiger partial charge < -0.3 is 15.5 Å². The van der Waals surface area contributed by atoms with E-state index in [0.29, 0.717) is 37.5 Å². The second kappa shape index (κ2) is 8.29. The highest BCUT2D eigenvalue weighted by molar-refractivity contribution is 5.94. The summed E-state index contributed by atoms with van der Waals surface area (Å²) < 4.78 is 0. The Morgan fingerprint density at radius 2 is 1.85 bits per heavy atom. The lowest BCUT2D eigenvalue weighted by atomic mass is 10.0. The SMILES string of the molecule is CC1CC1C(=O)NCCC(=O)NC1CCN(C(=O)c2ccncc2)CC1. The van der Waals surface area contributed by atoms with Crippen molar-refractivity contribution in [2.24, 2.45) is 11.8 Å². The van der Waals surface area contributed by atoms with E-state index in [1.165, 1.54) is 0 Å². The molecule has 0 radical (unpaired) electrons. The van der Waals surface area contributed by atoms with Crippen LogP contribution in [0.1, 0.15) is 43.0 Å². The predicted octanol–water partition coefficient (Wildman–Crippen LogP) is 0.965. The number of likely N-dealkylation sites (tertiary alicyclic amines) is 1. The summed E-state index contributed by atoms with van der Waals surface area (Å²) in [5.41, 5.74) is 0.642. The van der Waals surface area contributed by atoms with E-state index in [2.05, 4.69) is 22.5 Å². The smallest absolute Gasteiger partial charge is 0.253 e. The number of nitrogens with zero attached hydrogens (tertiary/aromatic N) is 2. The third kappa shape index (κ3) is 4.80. The van der Waals surface area contributed by atoms with Crippen LogP contribution >= 0.6 is 0 Å². The quantitative estimate of drug-likeness (QED) is 0.792. The number of hydrogen-bond acceptors (Lipinski definition) is 4. The second-order valence-electron chi connectivity index (χ2n) is 7.23. The van der Waals surface area contributed by atoms with Crippen molar-refractivity contribution in [1.82, 2.24) is 20.5 Å². The van der Waals surface area contributed by atoms with Crippen LogP contribution in [0.3, 0.4) is 0 Å². The molecule has 2 aliphatic rings. The molecule has 3 amide bonds. The van der Waals surface area contributed by atoms with Crippen LogP contribution in [0.25, 0.3) is 0 Å². The zero-order valence-electron chi connectivity index (χ0n) is 15.1. The molecule has 1 aliphatic heterocycles. The first-order chi connectivity index (χ1) is 12.5. The average molecular weight is 358 g/mol. The normalized spacial score (nSPS) is 22.6. The molecular weight excluding hydrogens is 332 g/mol. The summed E-state index contributed by atoms with van der Waals surface area (Å²) >= 11 is 0. The van der Waals surface area contributed by atoms with E-state index in [9.17, 15) is 14.4 Å². The number of aromatic nitrogens is 1. The lowest BCUT2D eigenvalue weighted by Gasteiger charge is -2.32. The van der Waals surface area contributed by atoms with Gasteiger partial charge in [0.05, 0.1) is 0 Å². The lowest BCUT2D eigenvalue weighted by molar-refractivity contribution is -0.123. The van der Waals surface area contributed by atoms with E-state index in [1.54, 1.807) is 24.5 Å². The fourth-order valence-corrected chi connectivity index (χ4v) is 3.32. The molecule has 140 valence electrons. The molecule has 2 unspecified atom stereocenters. The molecule has 1 aromatic heterocycles. The highest BCUT2D eigenvalue weighted by Gasteiger charge is 2.38. The van der Waals surface area contributed by atoms with Crippen LogP contribution in [-0.4, -0.2) is 53.3 Å². The molecule has 0 spiro atoms. The van der Waals surface area contributed by atoms with Gasteiger partial charge in [0.15, 0.2) is 0 Å². The number of hydrogen-bond donors (Lipinski definition) is 2. The molecule has 1 aromatic rings. The van der Waals surface area contributed by atoms with E-state index in [-0.39, 0.29) is 29.7 Å². The second-order valence-corrected chi connectivity index (χ2v) is 7.23. The number of nitrogens with one attached hydrogen (secondary N) is 2. The van der Waals surface area contributed by atoms with Crippen LogP contribution in [0, 0.1) is 11.8 Å². The van der Waals surface area contributed by atoms with Crippen molar-refractivity contribution in [3.8, 4) is 0 Å². The molecule has 0 bridgehead atoms. The van der Waals surface area contributed by atoms with Crippen molar-refractivity contribution < 1.29 is 14.4 Å². The first-order valence-corrected chi connectivity index (χ1v) is 9.31. The van der Waals surface area contributed by atoms with Crippen molar-refractivity contribution in [2.45, 2.75) is 38.6 Å². The van der Waals surface area contributed by atoms with Gasteiger partial charge >= 0.3 is 0 Å². The van der Waals surface area contributed by atoms with E-state index in [0.717, 1.165) is 19.3 Å². The standard InChI is InChI=1S/C19H26N4O3/c1-13-12-16(13)18(25)21-9-4-17(24)22-15-5-10-23(11-6-15)19(26)14-2-7-20-8-3-14/h2-3,7-8,13,15-16H,4-6,9-12H2,1H3,(H,21,25)(H,22,24). The first-order valence-electron chi connectivity index (χ1n) is 9.31. The number of amides is 3. The molecule has 26 heavy (non-hydrogen) atoms. The molecule has 3 rings (SSSR count). The van der Waals surface area contributed by atoms with Gasteiger partial charge in [0, 0.05) is 56.0 Å². The minimum atomic E-state index is -0.0481. The van der Waals surface area contributed by atoms with Crippen molar-refractivity contribution in [3.05, 3.63) is 30.1 Å². The summed E-state index contributed by atoms with van der Waals surface area (Å²) in [5.74, 6) is 0.639. The van der Waals surface area contributed by atoms with Gasteiger partial charge in [-0.1, -0.05) is 6.92 Å². The maximum Gasteiger partial charge on any atom is 0.253 e. The summed E-state index contributed by atoms with van der Waals surface area (Å²) in [6.07, 6.45) is 5.96. The van der Waals surface area contributed by atoms with Crippen LogP contribution < -0.4 is 10.6 Å². The fourth-order valence-electron chi connectivity index (χ4n) is 3.32. The Labute approximate surface area is 153 Å². The Kier molecular flexibility index (Phi) is 5.85. The highest BCUT2D eigenvalue weighted by atomic mass is 16.2. The van der Waals surface area contributed by atoms with Crippen molar-refractivity contribution in [1.29, 1.82) is 0 Å². The van der Waals surface area contributed by atoms with Gasteiger partial charge in [0.2, 0.25) is 11.8 Å². The van der Waals surface area contributed by atoms with Gasteiger partial charge in [-0.3, -0.25) is 19.4 Å². The zero-order valence-corrected chi connectivity index (χ0v) is 15.1. The van der Waals surface area contributed by atoms with E-state index >= 15 is 0 Å². The highest BCUT2D eigenvalue weighted by Crippen LogP contribution is 2.37. The topological polar surface area (TPSA) is 91.4 Å². The molecule has 2 N–H and O–H groups in total. The Morgan fingerprint density at radius 3 is 2.46 bits per heavy atom. The van der Waals surface area contributed by atoms with Gasteiger partial charge in [-0.25, -0.2) is 0 Å². The van der Waals surface area contributed by atoms with Crippen LogP contribution in [-0.2, 0) is 9.59 Å². The zero-order chi connectivity index (χ0) is 18.5. The van der Waals surface area contributed by atoms with Gasteiger partial charge in [-0.15, -0.1) is 0 Å². The molecular formula is C19H26N4O3. The monoisotopic (exact) mass is 358 g/mol. The van der Waals surface area contributed by atoms with Crippen molar-refractivity contribution in [2.75, 3.05) is 19.6 Å². The average Bonchev–Trinajstić information content (AvgIpc) is 3.39. The van der Waals surface area contributed by atoms with Crippen LogP contribution in [0.4, 0.5) is 0 Å². The summed E-state index contributed by atoms with van der Waals surface area (Å²) in [6, 6.07) is 3.52. The third-order valence-electron chi connectivity index (χ3n) is 5.17. The van der Waals surface area contributed by atoms with Crippen molar-refractivity contribution in [3.63, 3.8) is 0 Å². The molecule has 2 heterocycles. The fraction of sp³-hybridized carbons (Fsp3) is 0.579. The minimum absolute atomic E-state index is 0.00851.